The lowest BCUT2D eigenvalue weighted by molar-refractivity contribution is 0.669. The molecule has 0 N–H and O–H groups in total. The Morgan fingerprint density at radius 2 is 0.857 bits per heavy atom. The standard InChI is InChI=1S/C54H35NO/c1-2-16-45(17-3-1)55(47-18-10-15-41(33-47)42-23-21-36-11-4-6-13-39(36)31-42)46-28-25-38(26-29-46)43-27-30-48-50(44-24-22-37-12-5-7-14-40(37)32-44)35-53-54(51(48)34-43)49-19-8-9-20-52(49)56-53/h1-35H. The van der Waals surface area contributed by atoms with E-state index in [0.29, 0.717) is 0 Å². The van der Waals surface area contributed by atoms with Crippen LogP contribution >= 0.6 is 0 Å². The highest BCUT2D eigenvalue weighted by Gasteiger charge is 2.18. The maximum absolute atomic E-state index is 6.53. The minimum atomic E-state index is 0.902. The van der Waals surface area contributed by atoms with E-state index in [1.807, 2.05) is 6.07 Å². The van der Waals surface area contributed by atoms with Gasteiger partial charge in [0.2, 0.25) is 0 Å². The van der Waals surface area contributed by atoms with Gasteiger partial charge in [0, 0.05) is 27.8 Å². The van der Waals surface area contributed by atoms with Crippen molar-refractivity contribution < 1.29 is 4.42 Å². The van der Waals surface area contributed by atoms with Crippen molar-refractivity contribution in [2.24, 2.45) is 0 Å². The zero-order valence-corrected chi connectivity index (χ0v) is 30.6. The first-order chi connectivity index (χ1) is 27.7. The molecule has 2 heteroatoms. The zero-order chi connectivity index (χ0) is 37.0. The first-order valence-corrected chi connectivity index (χ1v) is 19.2. The van der Waals surface area contributed by atoms with Crippen LogP contribution in [0.1, 0.15) is 0 Å². The number of hydrogen-bond donors (Lipinski definition) is 0. The number of rotatable bonds is 6. The highest BCUT2D eigenvalue weighted by atomic mass is 16.3. The SMILES string of the molecule is c1ccc(N(c2ccc(-c3ccc4c(-c5ccc6ccccc6c5)cc5oc6ccccc6c5c4c3)cc2)c2cccc(-c3ccc4ccccc4c3)c2)cc1. The Morgan fingerprint density at radius 1 is 0.286 bits per heavy atom. The smallest absolute Gasteiger partial charge is 0.136 e. The third-order valence-corrected chi connectivity index (χ3v) is 11.2. The van der Waals surface area contributed by atoms with Crippen LogP contribution in [0.25, 0.3) is 87.6 Å². The Bertz CT molecular complexity index is 3250. The van der Waals surface area contributed by atoms with Crippen molar-refractivity contribution in [1.82, 2.24) is 0 Å². The van der Waals surface area contributed by atoms with Crippen LogP contribution in [0.2, 0.25) is 0 Å². The molecule has 0 radical (unpaired) electrons. The van der Waals surface area contributed by atoms with Crippen molar-refractivity contribution in [3.63, 3.8) is 0 Å². The number of benzene rings is 10. The number of para-hydroxylation sites is 2. The van der Waals surface area contributed by atoms with E-state index in [9.17, 15) is 0 Å². The molecule has 10 aromatic carbocycles. The van der Waals surface area contributed by atoms with E-state index in [4.69, 9.17) is 4.42 Å². The van der Waals surface area contributed by atoms with Crippen LogP contribution in [0.5, 0.6) is 0 Å². The van der Waals surface area contributed by atoms with Gasteiger partial charge in [0.05, 0.1) is 0 Å². The van der Waals surface area contributed by atoms with Crippen molar-refractivity contribution >= 4 is 71.3 Å². The number of furan rings is 1. The summed E-state index contributed by atoms with van der Waals surface area (Å²) in [6.07, 6.45) is 0. The summed E-state index contributed by atoms with van der Waals surface area (Å²) in [6.45, 7) is 0. The van der Waals surface area contributed by atoms with Crippen molar-refractivity contribution in [2.45, 2.75) is 0 Å². The molecule has 1 heterocycles. The Morgan fingerprint density at radius 3 is 1.64 bits per heavy atom. The fourth-order valence-electron chi connectivity index (χ4n) is 8.43. The molecule has 1 aromatic heterocycles. The molecule has 0 unspecified atom stereocenters. The maximum Gasteiger partial charge on any atom is 0.136 e. The Balaban J connectivity index is 1.02. The molecule has 56 heavy (non-hydrogen) atoms. The van der Waals surface area contributed by atoms with E-state index < -0.39 is 0 Å². The Hall–Kier alpha value is -7.42. The fourth-order valence-corrected chi connectivity index (χ4v) is 8.43. The van der Waals surface area contributed by atoms with E-state index in [1.54, 1.807) is 0 Å². The molecular formula is C54H35NO. The maximum atomic E-state index is 6.53. The number of fused-ring (bicyclic) bond motifs is 7. The molecule has 11 rings (SSSR count). The van der Waals surface area contributed by atoms with Gasteiger partial charge in [-0.05, 0) is 132 Å². The number of nitrogens with zero attached hydrogens (tertiary/aromatic N) is 1. The van der Waals surface area contributed by atoms with Gasteiger partial charge in [0.15, 0.2) is 0 Å². The van der Waals surface area contributed by atoms with Crippen LogP contribution < -0.4 is 4.90 Å². The van der Waals surface area contributed by atoms with Crippen LogP contribution in [0.4, 0.5) is 17.1 Å². The summed E-state index contributed by atoms with van der Waals surface area (Å²) in [5.74, 6) is 0. The first-order valence-electron chi connectivity index (χ1n) is 19.2. The van der Waals surface area contributed by atoms with Gasteiger partial charge in [0.25, 0.3) is 0 Å². The second-order valence-electron chi connectivity index (χ2n) is 14.5. The fraction of sp³-hybridized carbons (Fsp3) is 0. The summed E-state index contributed by atoms with van der Waals surface area (Å²) in [6, 6.07) is 76.5. The van der Waals surface area contributed by atoms with Gasteiger partial charge < -0.3 is 9.32 Å². The van der Waals surface area contributed by atoms with Crippen molar-refractivity contribution in [1.29, 1.82) is 0 Å². The van der Waals surface area contributed by atoms with Gasteiger partial charge >= 0.3 is 0 Å². The minimum Gasteiger partial charge on any atom is -0.456 e. The monoisotopic (exact) mass is 713 g/mol. The summed E-state index contributed by atoms with van der Waals surface area (Å²) in [5, 5.41) is 9.64. The Labute approximate surface area is 325 Å². The van der Waals surface area contributed by atoms with Gasteiger partial charge in [0.1, 0.15) is 11.2 Å². The molecule has 0 bridgehead atoms. The average molecular weight is 714 g/mol. The van der Waals surface area contributed by atoms with Crippen molar-refractivity contribution in [3.05, 3.63) is 212 Å². The van der Waals surface area contributed by atoms with Gasteiger partial charge in [-0.15, -0.1) is 0 Å². The van der Waals surface area contributed by atoms with Crippen molar-refractivity contribution in [2.75, 3.05) is 4.90 Å². The van der Waals surface area contributed by atoms with Gasteiger partial charge in [-0.25, -0.2) is 0 Å². The molecule has 262 valence electrons. The van der Waals surface area contributed by atoms with E-state index >= 15 is 0 Å². The molecule has 0 aliphatic rings. The van der Waals surface area contributed by atoms with E-state index in [1.165, 1.54) is 54.6 Å². The molecule has 0 spiro atoms. The third-order valence-electron chi connectivity index (χ3n) is 11.2. The van der Waals surface area contributed by atoms with Crippen LogP contribution in [-0.2, 0) is 0 Å². The Kier molecular flexibility index (Phi) is 7.53. The molecule has 0 atom stereocenters. The second kappa shape index (κ2) is 13.2. The molecular weight excluding hydrogens is 679 g/mol. The van der Waals surface area contributed by atoms with Crippen molar-refractivity contribution in [3.8, 4) is 33.4 Å². The van der Waals surface area contributed by atoms with Crippen LogP contribution in [-0.4, -0.2) is 0 Å². The number of anilines is 3. The van der Waals surface area contributed by atoms with Gasteiger partial charge in [-0.2, -0.15) is 0 Å². The summed E-state index contributed by atoms with van der Waals surface area (Å²) < 4.78 is 6.53. The summed E-state index contributed by atoms with van der Waals surface area (Å²) in [4.78, 5) is 2.34. The highest BCUT2D eigenvalue weighted by Crippen LogP contribution is 2.43. The topological polar surface area (TPSA) is 16.4 Å². The molecule has 11 aromatic rings. The largest absolute Gasteiger partial charge is 0.456 e. The van der Waals surface area contributed by atoms with E-state index in [2.05, 4.69) is 211 Å². The van der Waals surface area contributed by atoms with Crippen LogP contribution in [0.15, 0.2) is 217 Å². The van der Waals surface area contributed by atoms with Crippen LogP contribution in [0, 0.1) is 0 Å². The second-order valence-corrected chi connectivity index (χ2v) is 14.5. The zero-order valence-electron chi connectivity index (χ0n) is 30.6. The lowest BCUT2D eigenvalue weighted by atomic mass is 9.91. The molecule has 0 aliphatic carbocycles. The molecule has 0 saturated carbocycles. The molecule has 0 amide bonds. The quantitative estimate of drug-likeness (QED) is 0.171. The molecule has 2 nitrogen and oxygen atoms in total. The molecule has 0 fully saturated rings. The first kappa shape index (κ1) is 32.0. The van der Waals surface area contributed by atoms with Gasteiger partial charge in [-0.3, -0.25) is 0 Å². The number of hydrogen-bond acceptors (Lipinski definition) is 2. The molecule has 0 aliphatic heterocycles. The third kappa shape index (κ3) is 5.51. The predicted octanol–water partition coefficient (Wildman–Crippen LogP) is 15.5. The summed E-state index contributed by atoms with van der Waals surface area (Å²) >= 11 is 0. The predicted molar refractivity (Wildman–Crippen MR) is 237 cm³/mol. The normalized spacial score (nSPS) is 11.6. The summed E-state index contributed by atoms with van der Waals surface area (Å²) in [5.41, 5.74) is 12.2. The van der Waals surface area contributed by atoms with Crippen LogP contribution in [0.3, 0.4) is 0 Å². The molecule has 0 saturated heterocycles. The highest BCUT2D eigenvalue weighted by molar-refractivity contribution is 6.22. The average Bonchev–Trinajstić information content (AvgIpc) is 3.65. The summed E-state index contributed by atoms with van der Waals surface area (Å²) in [7, 11) is 0. The van der Waals surface area contributed by atoms with Gasteiger partial charge in [-0.1, -0.05) is 146 Å². The van der Waals surface area contributed by atoms with E-state index in [-0.39, 0.29) is 0 Å². The lowest BCUT2D eigenvalue weighted by Gasteiger charge is -2.26. The van der Waals surface area contributed by atoms with E-state index in [0.717, 1.165) is 50.1 Å². The minimum absolute atomic E-state index is 0.902. The lowest BCUT2D eigenvalue weighted by Crippen LogP contribution is -2.09.